The van der Waals surface area contributed by atoms with Crippen molar-refractivity contribution in [1.29, 1.82) is 0 Å². The average Bonchev–Trinajstić information content (AvgIpc) is 2.34. The quantitative estimate of drug-likeness (QED) is 0.835. The SMILES string of the molecule is CO[C@@H]1CCCN(Cc2c(Cl)cccc2Cl)C1. The van der Waals surface area contributed by atoms with E-state index in [4.69, 9.17) is 27.9 Å². The first-order chi connectivity index (χ1) is 8.20. The fraction of sp³-hybridized carbons (Fsp3) is 0.538. The second kappa shape index (κ2) is 6.05. The molecule has 1 aliphatic heterocycles. The van der Waals surface area contributed by atoms with Gasteiger partial charge in [0.15, 0.2) is 0 Å². The molecule has 94 valence electrons. The van der Waals surface area contributed by atoms with Crippen LogP contribution in [0, 0.1) is 0 Å². The number of benzene rings is 1. The number of nitrogens with zero attached hydrogens (tertiary/aromatic N) is 1. The van der Waals surface area contributed by atoms with Crippen molar-refractivity contribution in [2.45, 2.75) is 25.5 Å². The summed E-state index contributed by atoms with van der Waals surface area (Å²) in [5.41, 5.74) is 1.02. The molecule has 1 saturated heterocycles. The number of methoxy groups -OCH3 is 1. The Bertz CT molecular complexity index is 363. The Kier molecular flexibility index (Phi) is 4.69. The van der Waals surface area contributed by atoms with Crippen molar-refractivity contribution in [2.75, 3.05) is 20.2 Å². The molecule has 0 bridgehead atoms. The molecular weight excluding hydrogens is 257 g/mol. The van der Waals surface area contributed by atoms with E-state index in [1.54, 1.807) is 7.11 Å². The Morgan fingerprint density at radius 1 is 1.35 bits per heavy atom. The van der Waals surface area contributed by atoms with E-state index in [0.717, 1.165) is 41.7 Å². The van der Waals surface area contributed by atoms with Crippen LogP contribution >= 0.6 is 23.2 Å². The standard InChI is InChI=1S/C13H17Cl2NO/c1-17-10-4-3-7-16(8-10)9-11-12(14)5-2-6-13(11)15/h2,5-6,10H,3-4,7-9H2,1H3/t10-/m1/s1. The molecule has 1 heterocycles. The largest absolute Gasteiger partial charge is 0.380 e. The van der Waals surface area contributed by atoms with Crippen molar-refractivity contribution in [3.05, 3.63) is 33.8 Å². The predicted molar refractivity (Wildman–Crippen MR) is 71.8 cm³/mol. The zero-order valence-electron chi connectivity index (χ0n) is 9.96. The average molecular weight is 274 g/mol. The maximum Gasteiger partial charge on any atom is 0.0698 e. The molecule has 17 heavy (non-hydrogen) atoms. The van der Waals surface area contributed by atoms with Crippen LogP contribution in [0.4, 0.5) is 0 Å². The van der Waals surface area contributed by atoms with Gasteiger partial charge in [0.2, 0.25) is 0 Å². The molecule has 1 aromatic rings. The van der Waals surface area contributed by atoms with Crippen LogP contribution in [0.25, 0.3) is 0 Å². The highest BCUT2D eigenvalue weighted by molar-refractivity contribution is 6.35. The summed E-state index contributed by atoms with van der Waals surface area (Å²) in [7, 11) is 1.77. The van der Waals surface area contributed by atoms with Gasteiger partial charge >= 0.3 is 0 Å². The van der Waals surface area contributed by atoms with Gasteiger partial charge in [0.1, 0.15) is 0 Å². The zero-order valence-corrected chi connectivity index (χ0v) is 11.5. The maximum atomic E-state index is 6.18. The van der Waals surface area contributed by atoms with Crippen LogP contribution in [0.1, 0.15) is 18.4 Å². The molecule has 0 aliphatic carbocycles. The van der Waals surface area contributed by atoms with Crippen LogP contribution in [-0.4, -0.2) is 31.2 Å². The first-order valence-electron chi connectivity index (χ1n) is 5.88. The van der Waals surface area contributed by atoms with Crippen molar-refractivity contribution in [1.82, 2.24) is 4.90 Å². The summed E-state index contributed by atoms with van der Waals surface area (Å²) < 4.78 is 5.41. The molecule has 1 aliphatic rings. The van der Waals surface area contributed by atoms with E-state index < -0.39 is 0 Å². The molecule has 2 rings (SSSR count). The van der Waals surface area contributed by atoms with Crippen LogP contribution < -0.4 is 0 Å². The molecule has 1 fully saturated rings. The molecule has 1 aromatic carbocycles. The lowest BCUT2D eigenvalue weighted by Crippen LogP contribution is -2.38. The van der Waals surface area contributed by atoms with Gasteiger partial charge in [0.25, 0.3) is 0 Å². The van der Waals surface area contributed by atoms with E-state index in [1.807, 2.05) is 18.2 Å². The number of hydrogen-bond donors (Lipinski definition) is 0. The summed E-state index contributed by atoms with van der Waals surface area (Å²) in [6.07, 6.45) is 2.65. The molecule has 1 atom stereocenters. The number of likely N-dealkylation sites (tertiary alicyclic amines) is 1. The minimum atomic E-state index is 0.338. The second-order valence-corrected chi connectivity index (χ2v) is 5.25. The lowest BCUT2D eigenvalue weighted by molar-refractivity contribution is 0.0286. The van der Waals surface area contributed by atoms with Crippen molar-refractivity contribution < 1.29 is 4.74 Å². The number of rotatable bonds is 3. The summed E-state index contributed by atoms with van der Waals surface area (Å²) >= 11 is 12.4. The third kappa shape index (κ3) is 3.35. The smallest absolute Gasteiger partial charge is 0.0698 e. The second-order valence-electron chi connectivity index (χ2n) is 4.44. The molecule has 0 unspecified atom stereocenters. The van der Waals surface area contributed by atoms with Gasteiger partial charge in [0.05, 0.1) is 6.10 Å². The molecule has 0 aromatic heterocycles. The summed E-state index contributed by atoms with van der Waals surface area (Å²) in [5.74, 6) is 0. The Morgan fingerprint density at radius 3 is 2.71 bits per heavy atom. The fourth-order valence-corrected chi connectivity index (χ4v) is 2.77. The van der Waals surface area contributed by atoms with Gasteiger partial charge in [0, 0.05) is 35.8 Å². The number of hydrogen-bond acceptors (Lipinski definition) is 2. The Morgan fingerprint density at radius 2 is 2.06 bits per heavy atom. The fourth-order valence-electron chi connectivity index (χ4n) is 2.26. The van der Waals surface area contributed by atoms with E-state index >= 15 is 0 Å². The highest BCUT2D eigenvalue weighted by Crippen LogP contribution is 2.27. The predicted octanol–water partition coefficient (Wildman–Crippen LogP) is 3.60. The van der Waals surface area contributed by atoms with Crippen LogP contribution in [-0.2, 0) is 11.3 Å². The van der Waals surface area contributed by atoms with E-state index in [0.29, 0.717) is 6.10 Å². The van der Waals surface area contributed by atoms with E-state index in [2.05, 4.69) is 4.90 Å². The molecule has 0 saturated carbocycles. The van der Waals surface area contributed by atoms with Gasteiger partial charge in [-0.1, -0.05) is 29.3 Å². The molecule has 0 N–H and O–H groups in total. The third-order valence-electron chi connectivity index (χ3n) is 3.24. The van der Waals surface area contributed by atoms with Gasteiger partial charge in [-0.25, -0.2) is 0 Å². The molecule has 0 amide bonds. The summed E-state index contributed by atoms with van der Waals surface area (Å²) in [6.45, 7) is 2.85. The summed E-state index contributed by atoms with van der Waals surface area (Å²) in [5, 5.41) is 1.49. The van der Waals surface area contributed by atoms with Crippen molar-refractivity contribution in [3.8, 4) is 0 Å². The van der Waals surface area contributed by atoms with Gasteiger partial charge in [-0.15, -0.1) is 0 Å². The number of halogens is 2. The molecule has 0 spiro atoms. The Balaban J connectivity index is 2.05. The van der Waals surface area contributed by atoms with Crippen molar-refractivity contribution >= 4 is 23.2 Å². The first-order valence-corrected chi connectivity index (χ1v) is 6.64. The number of piperidine rings is 1. The number of ether oxygens (including phenoxy) is 1. The monoisotopic (exact) mass is 273 g/mol. The normalized spacial score (nSPS) is 21.7. The zero-order chi connectivity index (χ0) is 12.3. The molecular formula is C13H17Cl2NO. The van der Waals surface area contributed by atoms with Gasteiger partial charge in [-0.2, -0.15) is 0 Å². The molecule has 2 nitrogen and oxygen atoms in total. The van der Waals surface area contributed by atoms with Crippen LogP contribution in [0.3, 0.4) is 0 Å². The highest BCUT2D eigenvalue weighted by Gasteiger charge is 2.20. The summed E-state index contributed by atoms with van der Waals surface area (Å²) in [6, 6.07) is 5.66. The third-order valence-corrected chi connectivity index (χ3v) is 3.95. The Labute approximate surface area is 112 Å². The van der Waals surface area contributed by atoms with Crippen LogP contribution in [0.15, 0.2) is 18.2 Å². The highest BCUT2D eigenvalue weighted by atomic mass is 35.5. The van der Waals surface area contributed by atoms with Crippen LogP contribution in [0.2, 0.25) is 10.0 Å². The minimum Gasteiger partial charge on any atom is -0.380 e. The van der Waals surface area contributed by atoms with E-state index in [1.165, 1.54) is 6.42 Å². The molecule has 0 radical (unpaired) electrons. The lowest BCUT2D eigenvalue weighted by Gasteiger charge is -2.32. The van der Waals surface area contributed by atoms with E-state index in [-0.39, 0.29) is 0 Å². The van der Waals surface area contributed by atoms with Crippen molar-refractivity contribution in [2.24, 2.45) is 0 Å². The van der Waals surface area contributed by atoms with Gasteiger partial charge in [-0.3, -0.25) is 4.90 Å². The van der Waals surface area contributed by atoms with Crippen LogP contribution in [0.5, 0.6) is 0 Å². The minimum absolute atomic E-state index is 0.338. The van der Waals surface area contributed by atoms with Crippen molar-refractivity contribution in [3.63, 3.8) is 0 Å². The lowest BCUT2D eigenvalue weighted by atomic mass is 10.1. The molecule has 4 heteroatoms. The first kappa shape index (κ1) is 13.2. The Hall–Kier alpha value is -0.280. The van der Waals surface area contributed by atoms with E-state index in [9.17, 15) is 0 Å². The van der Waals surface area contributed by atoms with Gasteiger partial charge in [-0.05, 0) is 31.5 Å². The maximum absolute atomic E-state index is 6.18. The summed E-state index contributed by atoms with van der Waals surface area (Å²) in [4.78, 5) is 2.35. The van der Waals surface area contributed by atoms with Gasteiger partial charge < -0.3 is 4.74 Å². The topological polar surface area (TPSA) is 12.5 Å².